The first-order valence-electron chi connectivity index (χ1n) is 9.23. The van der Waals surface area contributed by atoms with E-state index in [4.69, 9.17) is 4.74 Å². The van der Waals surface area contributed by atoms with Crippen molar-refractivity contribution in [2.75, 3.05) is 31.6 Å². The summed E-state index contributed by atoms with van der Waals surface area (Å²) in [4.78, 5) is 15.2. The number of benzene rings is 1. The molecule has 0 radical (unpaired) electrons. The maximum Gasteiger partial charge on any atom is 0.228 e. The van der Waals surface area contributed by atoms with Gasteiger partial charge in [0.05, 0.1) is 19.1 Å². The molecule has 1 heterocycles. The number of carbonyl (C=O) groups is 1. The number of ether oxygens (including phenoxy) is 1. The van der Waals surface area contributed by atoms with Gasteiger partial charge in [0.2, 0.25) is 5.91 Å². The zero-order chi connectivity index (χ0) is 18.0. The van der Waals surface area contributed by atoms with E-state index in [0.717, 1.165) is 38.5 Å². The second-order valence-corrected chi connectivity index (χ2v) is 8.10. The molecule has 0 bridgehead atoms. The molecular weight excluding hydrogens is 312 g/mol. The number of allylic oxidation sites excluding steroid dienone is 2. The SMILES string of the molecule is CC(C)=C[C@@H]1[C@H](C(=O)Nc2ccccc2CN2CCOCC2)C1(C)C. The molecule has 2 aliphatic rings. The van der Waals surface area contributed by atoms with Crippen LogP contribution in [0.15, 0.2) is 35.9 Å². The van der Waals surface area contributed by atoms with Crippen LogP contribution in [-0.2, 0) is 16.1 Å². The summed E-state index contributed by atoms with van der Waals surface area (Å²) in [5.74, 6) is 0.532. The Morgan fingerprint density at radius 3 is 2.64 bits per heavy atom. The fourth-order valence-electron chi connectivity index (χ4n) is 3.84. The summed E-state index contributed by atoms with van der Waals surface area (Å²) in [6.07, 6.45) is 2.24. The van der Waals surface area contributed by atoms with E-state index >= 15 is 0 Å². The maximum atomic E-state index is 12.9. The minimum Gasteiger partial charge on any atom is -0.379 e. The normalized spacial score (nSPS) is 25.3. The van der Waals surface area contributed by atoms with Crippen molar-refractivity contribution in [3.63, 3.8) is 0 Å². The maximum absolute atomic E-state index is 12.9. The quantitative estimate of drug-likeness (QED) is 0.830. The number of anilines is 1. The summed E-state index contributed by atoms with van der Waals surface area (Å²) in [5, 5.41) is 3.19. The van der Waals surface area contributed by atoms with E-state index in [1.165, 1.54) is 11.1 Å². The molecule has 1 aromatic rings. The van der Waals surface area contributed by atoms with Crippen molar-refractivity contribution in [2.45, 2.75) is 34.2 Å². The van der Waals surface area contributed by atoms with Crippen molar-refractivity contribution in [1.29, 1.82) is 0 Å². The highest BCUT2D eigenvalue weighted by atomic mass is 16.5. The van der Waals surface area contributed by atoms with Crippen LogP contribution in [0, 0.1) is 17.3 Å². The topological polar surface area (TPSA) is 41.6 Å². The molecule has 25 heavy (non-hydrogen) atoms. The van der Waals surface area contributed by atoms with Crippen molar-refractivity contribution in [3.8, 4) is 0 Å². The highest BCUT2D eigenvalue weighted by Gasteiger charge is 2.60. The van der Waals surface area contributed by atoms with Gasteiger partial charge < -0.3 is 10.1 Å². The lowest BCUT2D eigenvalue weighted by Gasteiger charge is -2.27. The Balaban J connectivity index is 1.69. The molecule has 0 aromatic heterocycles. The lowest BCUT2D eigenvalue weighted by molar-refractivity contribution is -0.118. The third-order valence-electron chi connectivity index (χ3n) is 5.48. The van der Waals surface area contributed by atoms with Gasteiger partial charge in [0, 0.05) is 25.3 Å². The van der Waals surface area contributed by atoms with E-state index in [0.29, 0.717) is 5.92 Å². The molecule has 1 saturated carbocycles. The Bertz CT molecular complexity index is 656. The summed E-state index contributed by atoms with van der Waals surface area (Å²) in [5.41, 5.74) is 3.44. The van der Waals surface area contributed by atoms with Crippen LogP contribution < -0.4 is 5.32 Å². The fraction of sp³-hybridized carbons (Fsp3) is 0.571. The van der Waals surface area contributed by atoms with Crippen LogP contribution in [0.2, 0.25) is 0 Å². The number of morpholine rings is 1. The highest BCUT2D eigenvalue weighted by Crippen LogP contribution is 2.59. The predicted octanol–water partition coefficient (Wildman–Crippen LogP) is 3.70. The number of rotatable bonds is 5. The van der Waals surface area contributed by atoms with Gasteiger partial charge in [-0.1, -0.05) is 43.7 Å². The number of hydrogen-bond donors (Lipinski definition) is 1. The Morgan fingerprint density at radius 2 is 1.96 bits per heavy atom. The molecule has 0 unspecified atom stereocenters. The minimum absolute atomic E-state index is 0.0422. The Labute approximate surface area is 151 Å². The van der Waals surface area contributed by atoms with Crippen LogP contribution in [0.3, 0.4) is 0 Å². The van der Waals surface area contributed by atoms with Gasteiger partial charge in [-0.3, -0.25) is 9.69 Å². The van der Waals surface area contributed by atoms with Gasteiger partial charge >= 0.3 is 0 Å². The van der Waals surface area contributed by atoms with E-state index in [-0.39, 0.29) is 17.2 Å². The Hall–Kier alpha value is -1.65. The van der Waals surface area contributed by atoms with Crippen LogP contribution >= 0.6 is 0 Å². The summed E-state index contributed by atoms with van der Waals surface area (Å²) in [6.45, 7) is 12.9. The molecule has 1 aromatic carbocycles. The summed E-state index contributed by atoms with van der Waals surface area (Å²) >= 11 is 0. The van der Waals surface area contributed by atoms with Gasteiger partial charge in [-0.2, -0.15) is 0 Å². The summed E-state index contributed by atoms with van der Waals surface area (Å²) in [7, 11) is 0. The minimum atomic E-state index is 0.0422. The Kier molecular flexibility index (Phi) is 5.30. The first-order chi connectivity index (χ1) is 11.9. The predicted molar refractivity (Wildman–Crippen MR) is 101 cm³/mol. The molecule has 1 aliphatic carbocycles. The van der Waals surface area contributed by atoms with Crippen LogP contribution in [0.25, 0.3) is 0 Å². The van der Waals surface area contributed by atoms with E-state index in [2.05, 4.69) is 50.1 Å². The Morgan fingerprint density at radius 1 is 1.28 bits per heavy atom. The zero-order valence-electron chi connectivity index (χ0n) is 15.8. The summed E-state index contributed by atoms with van der Waals surface area (Å²) < 4.78 is 5.42. The highest BCUT2D eigenvalue weighted by molar-refractivity contribution is 5.96. The van der Waals surface area contributed by atoms with Crippen LogP contribution in [0.1, 0.15) is 33.3 Å². The second-order valence-electron chi connectivity index (χ2n) is 8.10. The first-order valence-corrected chi connectivity index (χ1v) is 9.23. The van der Waals surface area contributed by atoms with E-state index in [1.807, 2.05) is 18.2 Å². The van der Waals surface area contributed by atoms with Gasteiger partial charge in [0.15, 0.2) is 0 Å². The van der Waals surface area contributed by atoms with Gasteiger partial charge in [0.25, 0.3) is 0 Å². The van der Waals surface area contributed by atoms with Crippen molar-refractivity contribution >= 4 is 11.6 Å². The summed E-state index contributed by atoms with van der Waals surface area (Å²) in [6, 6.07) is 8.15. The molecule has 2 fully saturated rings. The molecule has 4 heteroatoms. The molecule has 0 spiro atoms. The largest absolute Gasteiger partial charge is 0.379 e. The van der Waals surface area contributed by atoms with E-state index < -0.39 is 0 Å². The van der Waals surface area contributed by atoms with Gasteiger partial charge in [-0.15, -0.1) is 0 Å². The molecule has 1 N–H and O–H groups in total. The fourth-order valence-corrected chi connectivity index (χ4v) is 3.84. The molecule has 136 valence electrons. The van der Waals surface area contributed by atoms with Crippen molar-refractivity contribution < 1.29 is 9.53 Å². The van der Waals surface area contributed by atoms with Gasteiger partial charge in [-0.05, 0) is 36.8 Å². The third-order valence-corrected chi connectivity index (χ3v) is 5.48. The number of carbonyl (C=O) groups excluding carboxylic acids is 1. The second kappa shape index (κ2) is 7.30. The monoisotopic (exact) mass is 342 g/mol. The van der Waals surface area contributed by atoms with Crippen molar-refractivity contribution in [1.82, 2.24) is 4.90 Å². The number of nitrogens with zero attached hydrogens (tertiary/aromatic N) is 1. The number of hydrogen-bond acceptors (Lipinski definition) is 3. The average molecular weight is 342 g/mol. The molecule has 1 amide bonds. The van der Waals surface area contributed by atoms with Gasteiger partial charge in [0.1, 0.15) is 0 Å². The molecule has 2 atom stereocenters. The standard InChI is InChI=1S/C21H30N2O2/c1-15(2)13-17-19(21(17,3)4)20(24)22-18-8-6-5-7-16(18)14-23-9-11-25-12-10-23/h5-8,13,17,19H,9-12,14H2,1-4H3,(H,22,24)/t17-,19-/m1/s1. The molecule has 3 rings (SSSR count). The van der Waals surface area contributed by atoms with Crippen molar-refractivity contribution in [2.24, 2.45) is 17.3 Å². The van der Waals surface area contributed by atoms with Gasteiger partial charge in [-0.25, -0.2) is 0 Å². The molecule has 1 saturated heterocycles. The van der Waals surface area contributed by atoms with E-state index in [9.17, 15) is 4.79 Å². The first kappa shape index (κ1) is 18.2. The molecular formula is C21H30N2O2. The zero-order valence-corrected chi connectivity index (χ0v) is 15.8. The average Bonchev–Trinajstić information content (AvgIpc) is 3.10. The third kappa shape index (κ3) is 4.13. The lowest BCUT2D eigenvalue weighted by atomic mass is 10.1. The van der Waals surface area contributed by atoms with Crippen LogP contribution in [0.5, 0.6) is 0 Å². The molecule has 4 nitrogen and oxygen atoms in total. The number of para-hydroxylation sites is 1. The van der Waals surface area contributed by atoms with Crippen LogP contribution in [0.4, 0.5) is 5.69 Å². The van der Waals surface area contributed by atoms with Crippen LogP contribution in [-0.4, -0.2) is 37.1 Å². The lowest BCUT2D eigenvalue weighted by Crippen LogP contribution is -2.35. The smallest absolute Gasteiger partial charge is 0.228 e. The number of amides is 1. The van der Waals surface area contributed by atoms with E-state index in [1.54, 1.807) is 0 Å². The molecule has 1 aliphatic heterocycles. The number of nitrogens with one attached hydrogen (secondary N) is 1. The van der Waals surface area contributed by atoms with Crippen molar-refractivity contribution in [3.05, 3.63) is 41.5 Å².